The van der Waals surface area contributed by atoms with E-state index in [1.54, 1.807) is 52.0 Å². The fraction of sp³-hybridized carbons (Fsp3) is 0.517. The number of fused-ring (bicyclic) bond motifs is 1. The third-order valence-electron chi connectivity index (χ3n) is 8.30. The van der Waals surface area contributed by atoms with Gasteiger partial charge < -0.3 is 14.8 Å². The molecule has 1 spiro atoms. The Morgan fingerprint density at radius 2 is 1.58 bits per heavy atom. The molecule has 2 aromatic carbocycles. The topological polar surface area (TPSA) is 102 Å². The maximum absolute atomic E-state index is 13.9. The number of hydrogen-bond acceptors (Lipinski definition) is 7. The minimum atomic E-state index is -3.76. The lowest BCUT2D eigenvalue weighted by molar-refractivity contribution is -0.177. The van der Waals surface area contributed by atoms with Gasteiger partial charge in [-0.1, -0.05) is 35.9 Å². The smallest absolute Gasteiger partial charge is 0.325 e. The molecule has 3 aliphatic rings. The van der Waals surface area contributed by atoms with Gasteiger partial charge in [-0.3, -0.25) is 9.59 Å². The molecule has 1 aliphatic carbocycles. The Morgan fingerprint density at radius 3 is 2.18 bits per heavy atom. The van der Waals surface area contributed by atoms with Crippen molar-refractivity contribution in [3.63, 3.8) is 0 Å². The summed E-state index contributed by atoms with van der Waals surface area (Å²) in [4.78, 5) is 28.0. The highest BCUT2D eigenvalue weighted by Crippen LogP contribution is 2.64. The molecule has 1 saturated carbocycles. The van der Waals surface area contributed by atoms with Crippen molar-refractivity contribution in [1.29, 1.82) is 0 Å². The third-order valence-corrected chi connectivity index (χ3v) is 10.2. The van der Waals surface area contributed by atoms with Crippen LogP contribution < -0.4 is 5.32 Å². The Morgan fingerprint density at radius 1 is 0.974 bits per heavy atom. The minimum absolute atomic E-state index is 0.135. The van der Waals surface area contributed by atoms with Crippen LogP contribution in [0.4, 0.5) is 5.69 Å². The SMILES string of the molecule is Cc1ccc(S(=O)(=O)N2CC[C@@]34c5ccccc5N[C@@H]3C(C(=O)OC(C)C)(C(=O)OC(C)C)C[C@H]4C2)cc1. The Kier molecular flexibility index (Phi) is 6.59. The number of aryl methyl sites for hydroxylation is 1. The van der Waals surface area contributed by atoms with E-state index in [2.05, 4.69) is 5.32 Å². The fourth-order valence-corrected chi connectivity index (χ4v) is 8.21. The number of nitrogens with zero attached hydrogens (tertiary/aromatic N) is 1. The van der Waals surface area contributed by atoms with Gasteiger partial charge in [-0.15, -0.1) is 0 Å². The van der Waals surface area contributed by atoms with E-state index in [1.807, 2.05) is 31.2 Å². The van der Waals surface area contributed by atoms with Crippen LogP contribution in [0, 0.1) is 18.3 Å². The van der Waals surface area contributed by atoms with E-state index >= 15 is 0 Å². The van der Waals surface area contributed by atoms with E-state index in [1.165, 1.54) is 4.31 Å². The number of piperidine rings is 1. The maximum Gasteiger partial charge on any atom is 0.325 e. The van der Waals surface area contributed by atoms with E-state index < -0.39 is 51.0 Å². The summed E-state index contributed by atoms with van der Waals surface area (Å²) in [6, 6.07) is 14.1. The van der Waals surface area contributed by atoms with E-state index in [0.717, 1.165) is 16.8 Å². The molecule has 0 aromatic heterocycles. The first kappa shape index (κ1) is 26.7. The quantitative estimate of drug-likeness (QED) is 0.436. The van der Waals surface area contributed by atoms with Crippen LogP contribution in [-0.4, -0.2) is 56.0 Å². The van der Waals surface area contributed by atoms with Crippen molar-refractivity contribution >= 4 is 27.6 Å². The molecule has 8 nitrogen and oxygen atoms in total. The Labute approximate surface area is 224 Å². The lowest BCUT2D eigenvalue weighted by Gasteiger charge is -2.44. The predicted molar refractivity (Wildman–Crippen MR) is 143 cm³/mol. The molecule has 0 amide bonds. The minimum Gasteiger partial charge on any atom is -0.462 e. The molecule has 0 unspecified atom stereocenters. The van der Waals surface area contributed by atoms with Crippen molar-refractivity contribution in [2.45, 2.75) is 76.0 Å². The third kappa shape index (κ3) is 3.93. The average Bonchev–Trinajstić information content (AvgIpc) is 3.33. The number of hydrogen-bond donors (Lipinski definition) is 1. The van der Waals surface area contributed by atoms with E-state index in [0.29, 0.717) is 6.42 Å². The number of benzene rings is 2. The van der Waals surface area contributed by atoms with Crippen molar-refractivity contribution in [1.82, 2.24) is 4.31 Å². The number of ether oxygens (including phenoxy) is 2. The van der Waals surface area contributed by atoms with Crippen LogP contribution in [0.3, 0.4) is 0 Å². The van der Waals surface area contributed by atoms with Crippen LogP contribution in [0.25, 0.3) is 0 Å². The number of anilines is 1. The number of sulfonamides is 1. The second-order valence-corrected chi connectivity index (χ2v) is 13.3. The largest absolute Gasteiger partial charge is 0.462 e. The first-order valence-electron chi connectivity index (χ1n) is 13.3. The van der Waals surface area contributed by atoms with Gasteiger partial charge in [0.25, 0.3) is 0 Å². The molecule has 204 valence electrons. The maximum atomic E-state index is 13.9. The molecule has 1 N–H and O–H groups in total. The molecule has 2 aliphatic heterocycles. The zero-order valence-electron chi connectivity index (χ0n) is 22.6. The van der Waals surface area contributed by atoms with Crippen LogP contribution in [0.2, 0.25) is 0 Å². The Hall–Kier alpha value is -2.91. The number of para-hydroxylation sites is 1. The first-order valence-corrected chi connectivity index (χ1v) is 14.7. The summed E-state index contributed by atoms with van der Waals surface area (Å²) in [7, 11) is -3.76. The molecular weight excluding hydrogens is 504 g/mol. The number of carbonyl (C=O) groups is 2. The molecule has 9 heteroatoms. The molecule has 38 heavy (non-hydrogen) atoms. The first-order chi connectivity index (χ1) is 17.9. The summed E-state index contributed by atoms with van der Waals surface area (Å²) < 4.78 is 40.3. The summed E-state index contributed by atoms with van der Waals surface area (Å²) in [5.74, 6) is -1.55. The number of rotatable bonds is 6. The van der Waals surface area contributed by atoms with Gasteiger partial charge in [0.2, 0.25) is 10.0 Å². The number of nitrogens with one attached hydrogen (secondary N) is 1. The van der Waals surface area contributed by atoms with Crippen LogP contribution >= 0.6 is 0 Å². The second-order valence-electron chi connectivity index (χ2n) is 11.4. The van der Waals surface area contributed by atoms with E-state index in [9.17, 15) is 18.0 Å². The van der Waals surface area contributed by atoms with Crippen LogP contribution in [0.5, 0.6) is 0 Å². The predicted octanol–water partition coefficient (Wildman–Crippen LogP) is 4.03. The fourth-order valence-electron chi connectivity index (χ4n) is 6.72. The molecule has 2 heterocycles. The lowest BCUT2D eigenvalue weighted by Crippen LogP contribution is -2.57. The van der Waals surface area contributed by atoms with E-state index in [-0.39, 0.29) is 30.3 Å². The Balaban J connectivity index is 1.61. The zero-order valence-corrected chi connectivity index (χ0v) is 23.4. The van der Waals surface area contributed by atoms with Gasteiger partial charge >= 0.3 is 11.9 Å². The van der Waals surface area contributed by atoms with Gasteiger partial charge in [-0.25, -0.2) is 8.42 Å². The van der Waals surface area contributed by atoms with Crippen molar-refractivity contribution in [3.05, 3.63) is 59.7 Å². The standard InChI is InChI=1S/C29H36N2O6S/c1-18(2)36-26(32)29(27(33)37-19(3)4)16-21-17-31(38(34,35)22-12-10-20(5)11-13-22)15-14-28(21)23-8-6-7-9-24(23)30-25(28)29/h6-13,18-19,21,25,30H,14-17H2,1-5H3/t21-,25-,28+/m0/s1. The molecule has 2 aromatic rings. The molecule has 1 saturated heterocycles. The number of carbonyl (C=O) groups excluding carboxylic acids is 2. The summed E-state index contributed by atoms with van der Waals surface area (Å²) in [6.45, 7) is 9.39. The van der Waals surface area contributed by atoms with Gasteiger partial charge in [-0.05, 0) is 77.1 Å². The van der Waals surface area contributed by atoms with Crippen LogP contribution in [0.1, 0.15) is 51.7 Å². The molecular formula is C29H36N2O6S. The monoisotopic (exact) mass is 540 g/mol. The average molecular weight is 541 g/mol. The van der Waals surface area contributed by atoms with Crippen molar-refractivity contribution in [2.24, 2.45) is 11.3 Å². The molecule has 2 fully saturated rings. The van der Waals surface area contributed by atoms with Gasteiger partial charge in [0, 0.05) is 24.2 Å². The molecule has 3 atom stereocenters. The molecule has 0 bridgehead atoms. The van der Waals surface area contributed by atoms with Crippen molar-refractivity contribution < 1.29 is 27.5 Å². The Bertz CT molecular complexity index is 1330. The molecule has 5 rings (SSSR count). The number of esters is 2. The normalized spacial score (nSPS) is 25.9. The second kappa shape index (κ2) is 9.38. The highest BCUT2D eigenvalue weighted by molar-refractivity contribution is 7.89. The highest BCUT2D eigenvalue weighted by atomic mass is 32.2. The zero-order chi connectivity index (χ0) is 27.5. The summed E-state index contributed by atoms with van der Waals surface area (Å²) >= 11 is 0. The van der Waals surface area contributed by atoms with E-state index in [4.69, 9.17) is 9.47 Å². The van der Waals surface area contributed by atoms with Crippen LogP contribution in [-0.2, 0) is 34.5 Å². The summed E-state index contributed by atoms with van der Waals surface area (Å²) in [6.07, 6.45) is -0.252. The van der Waals surface area contributed by atoms with Gasteiger partial charge in [-0.2, -0.15) is 4.31 Å². The highest BCUT2D eigenvalue weighted by Gasteiger charge is 2.74. The summed E-state index contributed by atoms with van der Waals surface area (Å²) in [5.41, 5.74) is 0.616. The van der Waals surface area contributed by atoms with Gasteiger partial charge in [0.15, 0.2) is 5.41 Å². The lowest BCUT2D eigenvalue weighted by atomic mass is 9.66. The van der Waals surface area contributed by atoms with Gasteiger partial charge in [0.05, 0.1) is 23.1 Å². The van der Waals surface area contributed by atoms with Crippen LogP contribution in [0.15, 0.2) is 53.4 Å². The van der Waals surface area contributed by atoms with Gasteiger partial charge in [0.1, 0.15) is 0 Å². The van der Waals surface area contributed by atoms with Crippen molar-refractivity contribution in [2.75, 3.05) is 18.4 Å². The molecule has 0 radical (unpaired) electrons. The van der Waals surface area contributed by atoms with Crippen molar-refractivity contribution in [3.8, 4) is 0 Å². The summed E-state index contributed by atoms with van der Waals surface area (Å²) in [5, 5.41) is 3.51.